The number of benzene rings is 1. The molecule has 0 aliphatic rings. The van der Waals surface area contributed by atoms with Crippen molar-refractivity contribution < 1.29 is 9.53 Å². The average Bonchev–Trinajstić information content (AvgIpc) is 2.37. The van der Waals surface area contributed by atoms with Gasteiger partial charge in [-0.3, -0.25) is 4.79 Å². The molecule has 1 rings (SSSR count). The second-order valence-electron chi connectivity index (χ2n) is 4.80. The lowest BCUT2D eigenvalue weighted by Gasteiger charge is -2.23. The summed E-state index contributed by atoms with van der Waals surface area (Å²) in [7, 11) is 3.44. The van der Waals surface area contributed by atoms with Crippen LogP contribution in [0.5, 0.6) is 5.75 Å². The summed E-state index contributed by atoms with van der Waals surface area (Å²) in [6.07, 6.45) is 0. The van der Waals surface area contributed by atoms with E-state index in [1.54, 1.807) is 19.1 Å². The van der Waals surface area contributed by atoms with Gasteiger partial charge in [0, 0.05) is 23.6 Å². The summed E-state index contributed by atoms with van der Waals surface area (Å²) in [5.74, 6) is 1.13. The standard InChI is InChI=1S/C14H19Br2NO2/c1-9(2)13(16)14(18)17(3)8-10-7-11(15)5-6-12(10)19-4/h5-7,9,13H,8H2,1-4H3. The molecule has 0 spiro atoms. The number of carbonyl (C=O) groups is 1. The fourth-order valence-corrected chi connectivity index (χ4v) is 2.46. The van der Waals surface area contributed by atoms with Crippen LogP contribution in [0.4, 0.5) is 0 Å². The molecule has 1 amide bonds. The summed E-state index contributed by atoms with van der Waals surface area (Å²) in [6.45, 7) is 4.56. The Morgan fingerprint density at radius 2 is 2.05 bits per heavy atom. The maximum atomic E-state index is 12.2. The third-order valence-corrected chi connectivity index (χ3v) is 4.79. The van der Waals surface area contributed by atoms with E-state index in [9.17, 15) is 4.79 Å². The minimum absolute atomic E-state index is 0.0806. The molecule has 0 aliphatic carbocycles. The van der Waals surface area contributed by atoms with E-state index in [-0.39, 0.29) is 16.7 Å². The van der Waals surface area contributed by atoms with Crippen LogP contribution in [0.25, 0.3) is 0 Å². The van der Waals surface area contributed by atoms with Gasteiger partial charge in [-0.2, -0.15) is 0 Å². The van der Waals surface area contributed by atoms with E-state index in [4.69, 9.17) is 4.74 Å². The van der Waals surface area contributed by atoms with Gasteiger partial charge in [-0.1, -0.05) is 45.7 Å². The van der Waals surface area contributed by atoms with Gasteiger partial charge in [0.05, 0.1) is 11.9 Å². The van der Waals surface area contributed by atoms with Crippen LogP contribution in [0.15, 0.2) is 22.7 Å². The average molecular weight is 393 g/mol. The molecular formula is C14H19Br2NO2. The SMILES string of the molecule is COc1ccc(Br)cc1CN(C)C(=O)C(Br)C(C)C. The highest BCUT2D eigenvalue weighted by Gasteiger charge is 2.22. The van der Waals surface area contributed by atoms with Crippen molar-refractivity contribution in [3.05, 3.63) is 28.2 Å². The Labute approximate surface area is 131 Å². The summed E-state index contributed by atoms with van der Waals surface area (Å²) < 4.78 is 6.29. The first-order valence-corrected chi connectivity index (χ1v) is 7.79. The summed E-state index contributed by atoms with van der Waals surface area (Å²) >= 11 is 6.88. The van der Waals surface area contributed by atoms with Crippen LogP contribution in [-0.4, -0.2) is 29.8 Å². The van der Waals surface area contributed by atoms with E-state index in [1.807, 2.05) is 32.0 Å². The van der Waals surface area contributed by atoms with Crippen molar-refractivity contribution in [2.75, 3.05) is 14.2 Å². The maximum absolute atomic E-state index is 12.2. The van der Waals surface area contributed by atoms with Crippen molar-refractivity contribution >= 4 is 37.8 Å². The molecule has 106 valence electrons. The molecule has 1 atom stereocenters. The summed E-state index contributed by atoms with van der Waals surface area (Å²) in [5, 5.41) is 0. The Balaban J connectivity index is 2.84. The topological polar surface area (TPSA) is 29.5 Å². The van der Waals surface area contributed by atoms with Crippen molar-refractivity contribution in [2.24, 2.45) is 5.92 Å². The molecule has 3 nitrogen and oxygen atoms in total. The van der Waals surface area contributed by atoms with Crippen LogP contribution in [0.2, 0.25) is 0 Å². The Bertz CT molecular complexity index is 449. The molecule has 0 aliphatic heterocycles. The molecule has 0 N–H and O–H groups in total. The molecule has 0 fully saturated rings. The zero-order valence-corrected chi connectivity index (χ0v) is 14.8. The molecule has 1 aromatic carbocycles. The van der Waals surface area contributed by atoms with E-state index in [2.05, 4.69) is 31.9 Å². The van der Waals surface area contributed by atoms with Gasteiger partial charge in [-0.25, -0.2) is 0 Å². The Kier molecular flexibility index (Phi) is 6.33. The third-order valence-electron chi connectivity index (χ3n) is 2.85. The van der Waals surface area contributed by atoms with Crippen molar-refractivity contribution in [3.63, 3.8) is 0 Å². The smallest absolute Gasteiger partial charge is 0.236 e. The number of halogens is 2. The zero-order chi connectivity index (χ0) is 14.6. The first-order valence-electron chi connectivity index (χ1n) is 6.08. The molecule has 0 heterocycles. The number of carbonyl (C=O) groups excluding carboxylic acids is 1. The monoisotopic (exact) mass is 391 g/mol. The fourth-order valence-electron chi connectivity index (χ4n) is 1.70. The zero-order valence-electron chi connectivity index (χ0n) is 11.6. The van der Waals surface area contributed by atoms with Crippen molar-refractivity contribution in [2.45, 2.75) is 25.2 Å². The normalized spacial score (nSPS) is 12.4. The van der Waals surface area contributed by atoms with Crippen LogP contribution in [0.3, 0.4) is 0 Å². The summed E-state index contributed by atoms with van der Waals surface area (Å²) in [6, 6.07) is 5.79. The Morgan fingerprint density at radius 1 is 1.42 bits per heavy atom. The van der Waals surface area contributed by atoms with Gasteiger partial charge in [-0.15, -0.1) is 0 Å². The van der Waals surface area contributed by atoms with E-state index < -0.39 is 0 Å². The second-order valence-corrected chi connectivity index (χ2v) is 6.70. The molecule has 0 saturated carbocycles. The van der Waals surface area contributed by atoms with Crippen molar-refractivity contribution in [1.82, 2.24) is 4.90 Å². The lowest BCUT2D eigenvalue weighted by molar-refractivity contribution is -0.130. The van der Waals surface area contributed by atoms with E-state index >= 15 is 0 Å². The van der Waals surface area contributed by atoms with Gasteiger partial charge >= 0.3 is 0 Å². The van der Waals surface area contributed by atoms with Crippen LogP contribution < -0.4 is 4.74 Å². The summed E-state index contributed by atoms with van der Waals surface area (Å²) in [5.41, 5.74) is 0.983. The molecule has 0 saturated heterocycles. The lowest BCUT2D eigenvalue weighted by atomic mass is 10.1. The van der Waals surface area contributed by atoms with E-state index in [1.165, 1.54) is 0 Å². The predicted molar refractivity (Wildman–Crippen MR) is 84.7 cm³/mol. The van der Waals surface area contributed by atoms with E-state index in [0.717, 1.165) is 15.8 Å². The number of hydrogen-bond acceptors (Lipinski definition) is 2. The van der Waals surface area contributed by atoms with Crippen LogP contribution in [0.1, 0.15) is 19.4 Å². The number of methoxy groups -OCH3 is 1. The molecule has 0 radical (unpaired) electrons. The van der Waals surface area contributed by atoms with Crippen molar-refractivity contribution in [3.8, 4) is 5.75 Å². The van der Waals surface area contributed by atoms with Crippen LogP contribution >= 0.6 is 31.9 Å². The van der Waals surface area contributed by atoms with Crippen LogP contribution in [0, 0.1) is 5.92 Å². The quantitative estimate of drug-likeness (QED) is 0.712. The highest BCUT2D eigenvalue weighted by molar-refractivity contribution is 9.10. The number of ether oxygens (including phenoxy) is 1. The predicted octanol–water partition coefficient (Wildman–Crippen LogP) is 3.84. The molecule has 0 aromatic heterocycles. The molecule has 5 heteroatoms. The van der Waals surface area contributed by atoms with Gasteiger partial charge in [-0.05, 0) is 24.1 Å². The lowest BCUT2D eigenvalue weighted by Crippen LogP contribution is -2.35. The van der Waals surface area contributed by atoms with Crippen LogP contribution in [-0.2, 0) is 11.3 Å². The number of amides is 1. The van der Waals surface area contributed by atoms with Gasteiger partial charge < -0.3 is 9.64 Å². The largest absolute Gasteiger partial charge is 0.496 e. The fraction of sp³-hybridized carbons (Fsp3) is 0.500. The van der Waals surface area contributed by atoms with Gasteiger partial charge in [0.25, 0.3) is 0 Å². The van der Waals surface area contributed by atoms with Crippen molar-refractivity contribution in [1.29, 1.82) is 0 Å². The van der Waals surface area contributed by atoms with Gasteiger partial charge in [0.15, 0.2) is 0 Å². The highest BCUT2D eigenvalue weighted by atomic mass is 79.9. The minimum atomic E-state index is -0.157. The Morgan fingerprint density at radius 3 is 2.58 bits per heavy atom. The molecule has 1 aromatic rings. The molecular weight excluding hydrogens is 374 g/mol. The first kappa shape index (κ1) is 16.5. The molecule has 0 bridgehead atoms. The highest BCUT2D eigenvalue weighted by Crippen LogP contribution is 2.25. The second kappa shape index (κ2) is 7.29. The number of nitrogens with zero attached hydrogens (tertiary/aromatic N) is 1. The molecule has 19 heavy (non-hydrogen) atoms. The van der Waals surface area contributed by atoms with Gasteiger partial charge in [0.2, 0.25) is 5.91 Å². The Hall–Kier alpha value is -0.550. The number of rotatable bonds is 5. The summed E-state index contributed by atoms with van der Waals surface area (Å²) in [4.78, 5) is 13.8. The minimum Gasteiger partial charge on any atom is -0.496 e. The third kappa shape index (κ3) is 4.49. The number of alkyl halides is 1. The molecule has 1 unspecified atom stereocenters. The number of hydrogen-bond donors (Lipinski definition) is 0. The maximum Gasteiger partial charge on any atom is 0.236 e. The van der Waals surface area contributed by atoms with Gasteiger partial charge in [0.1, 0.15) is 5.75 Å². The first-order chi connectivity index (χ1) is 8.86. The van der Waals surface area contributed by atoms with E-state index in [0.29, 0.717) is 6.54 Å².